The summed E-state index contributed by atoms with van der Waals surface area (Å²) in [6, 6.07) is 8.00. The zero-order valence-electron chi connectivity index (χ0n) is 11.8. The number of rotatable bonds is 8. The Balaban J connectivity index is 2.54. The molecule has 0 aliphatic rings. The van der Waals surface area contributed by atoms with Crippen molar-refractivity contribution in [1.29, 1.82) is 0 Å². The summed E-state index contributed by atoms with van der Waals surface area (Å²) < 4.78 is 23.3. The Labute approximate surface area is 116 Å². The molecule has 0 aliphatic carbocycles. The van der Waals surface area contributed by atoms with Crippen LogP contribution in [-0.2, 0) is 22.9 Å². The number of hydrogen-bond acceptors (Lipinski definition) is 4. The smallest absolute Gasteiger partial charge is 0.151 e. The predicted octanol–water partition coefficient (Wildman–Crippen LogP) is 1.40. The van der Waals surface area contributed by atoms with Crippen LogP contribution in [0.15, 0.2) is 24.3 Å². The fourth-order valence-electron chi connectivity index (χ4n) is 1.99. The molecule has 19 heavy (non-hydrogen) atoms. The number of sulfone groups is 1. The Hall–Kier alpha value is -0.910. The first-order valence-corrected chi connectivity index (χ1v) is 8.46. The van der Waals surface area contributed by atoms with Crippen LogP contribution in [0.3, 0.4) is 0 Å². The van der Waals surface area contributed by atoms with Crippen molar-refractivity contribution < 1.29 is 8.42 Å². The molecule has 0 aromatic heterocycles. The van der Waals surface area contributed by atoms with E-state index in [1.54, 1.807) is 0 Å². The van der Waals surface area contributed by atoms with Gasteiger partial charge >= 0.3 is 0 Å². The Morgan fingerprint density at radius 2 is 1.79 bits per heavy atom. The molecule has 2 N–H and O–H groups in total. The Kier molecular flexibility index (Phi) is 6.48. The van der Waals surface area contributed by atoms with E-state index in [0.29, 0.717) is 19.5 Å². The predicted molar refractivity (Wildman–Crippen MR) is 79.6 cm³/mol. The summed E-state index contributed by atoms with van der Waals surface area (Å²) in [6.07, 6.45) is 0.683. The summed E-state index contributed by atoms with van der Waals surface area (Å²) in [6.45, 7) is 3.69. The van der Waals surface area contributed by atoms with Crippen molar-refractivity contribution in [3.05, 3.63) is 35.4 Å². The molecule has 5 heteroatoms. The van der Waals surface area contributed by atoms with E-state index in [-0.39, 0.29) is 11.5 Å². The molecule has 4 nitrogen and oxygen atoms in total. The molecule has 0 fully saturated rings. The summed E-state index contributed by atoms with van der Waals surface area (Å²) in [7, 11) is -0.962. The molecule has 1 rings (SSSR count). The van der Waals surface area contributed by atoms with Crippen LogP contribution in [0.1, 0.15) is 24.5 Å². The minimum absolute atomic E-state index is 0.224. The molecular formula is C14H24N2O2S. The molecule has 0 radical (unpaired) electrons. The average Bonchev–Trinajstić information content (AvgIpc) is 2.37. The van der Waals surface area contributed by atoms with Crippen LogP contribution in [-0.4, -0.2) is 38.4 Å². The van der Waals surface area contributed by atoms with E-state index in [2.05, 4.69) is 0 Å². The van der Waals surface area contributed by atoms with Crippen molar-refractivity contribution in [1.82, 2.24) is 4.90 Å². The van der Waals surface area contributed by atoms with Crippen molar-refractivity contribution >= 4 is 9.84 Å². The van der Waals surface area contributed by atoms with Gasteiger partial charge in [-0.1, -0.05) is 31.2 Å². The molecule has 0 aliphatic heterocycles. The quantitative estimate of drug-likeness (QED) is 0.784. The monoisotopic (exact) mass is 284 g/mol. The van der Waals surface area contributed by atoms with Gasteiger partial charge in [-0.25, -0.2) is 8.42 Å². The van der Waals surface area contributed by atoms with E-state index in [4.69, 9.17) is 5.73 Å². The van der Waals surface area contributed by atoms with Crippen molar-refractivity contribution in [2.24, 2.45) is 5.73 Å². The molecule has 0 saturated carbocycles. The number of nitrogens with zero attached hydrogens (tertiary/aromatic N) is 1. The maximum atomic E-state index is 11.7. The minimum atomic E-state index is -2.90. The lowest BCUT2D eigenvalue weighted by molar-refractivity contribution is 0.345. The van der Waals surface area contributed by atoms with E-state index in [0.717, 1.165) is 12.1 Å². The fraction of sp³-hybridized carbons (Fsp3) is 0.571. The highest BCUT2D eigenvalue weighted by Crippen LogP contribution is 2.10. The van der Waals surface area contributed by atoms with Gasteiger partial charge < -0.3 is 10.6 Å². The molecule has 108 valence electrons. The molecular weight excluding hydrogens is 260 g/mol. The highest BCUT2D eigenvalue weighted by atomic mass is 32.2. The first kappa shape index (κ1) is 16.1. The second-order valence-corrected chi connectivity index (χ2v) is 7.17. The van der Waals surface area contributed by atoms with Gasteiger partial charge in [0.05, 0.1) is 5.75 Å². The zero-order chi connectivity index (χ0) is 14.3. The van der Waals surface area contributed by atoms with Crippen LogP contribution in [0, 0.1) is 0 Å². The largest absolute Gasteiger partial charge is 0.326 e. The van der Waals surface area contributed by atoms with Gasteiger partial charge in [-0.15, -0.1) is 0 Å². The van der Waals surface area contributed by atoms with E-state index < -0.39 is 9.84 Å². The maximum Gasteiger partial charge on any atom is 0.151 e. The van der Waals surface area contributed by atoms with E-state index in [9.17, 15) is 8.42 Å². The second-order valence-electron chi connectivity index (χ2n) is 4.86. The van der Waals surface area contributed by atoms with Crippen molar-refractivity contribution in [3.8, 4) is 0 Å². The van der Waals surface area contributed by atoms with Crippen LogP contribution < -0.4 is 5.73 Å². The van der Waals surface area contributed by atoms with Crippen molar-refractivity contribution in [2.75, 3.05) is 25.1 Å². The van der Waals surface area contributed by atoms with Crippen LogP contribution in [0.25, 0.3) is 0 Å². The van der Waals surface area contributed by atoms with Crippen LogP contribution in [0.2, 0.25) is 0 Å². The third-order valence-electron chi connectivity index (χ3n) is 3.08. The molecule has 0 bridgehead atoms. The summed E-state index contributed by atoms with van der Waals surface area (Å²) in [5.74, 6) is 0.502. The van der Waals surface area contributed by atoms with Gasteiger partial charge in [0.2, 0.25) is 0 Å². The molecule has 1 aromatic carbocycles. The molecule has 0 heterocycles. The molecule has 1 aromatic rings. The van der Waals surface area contributed by atoms with Gasteiger partial charge in [0.15, 0.2) is 9.84 Å². The lowest BCUT2D eigenvalue weighted by Gasteiger charge is -2.18. The fourth-order valence-corrected chi connectivity index (χ4v) is 3.40. The Morgan fingerprint density at radius 1 is 1.16 bits per heavy atom. The lowest BCUT2D eigenvalue weighted by Crippen LogP contribution is -2.27. The standard InChI is InChI=1S/C14H24N2O2S/c1-3-9-19(17,18)10-8-16(2)12-14-7-5-4-6-13(14)11-15/h4-7H,3,8-12,15H2,1-2H3. The van der Waals surface area contributed by atoms with Gasteiger partial charge in [-0.3, -0.25) is 0 Å². The summed E-state index contributed by atoms with van der Waals surface area (Å²) in [5, 5.41) is 0. The molecule has 0 atom stereocenters. The van der Waals surface area contributed by atoms with E-state index in [1.165, 1.54) is 5.56 Å². The summed E-state index contributed by atoms with van der Waals surface area (Å²) >= 11 is 0. The first-order valence-electron chi connectivity index (χ1n) is 6.64. The third kappa shape index (κ3) is 5.72. The topological polar surface area (TPSA) is 63.4 Å². The number of hydrogen-bond donors (Lipinski definition) is 1. The molecule has 0 unspecified atom stereocenters. The molecule has 0 saturated heterocycles. The highest BCUT2D eigenvalue weighted by molar-refractivity contribution is 7.91. The van der Waals surface area contributed by atoms with Crippen LogP contribution in [0.5, 0.6) is 0 Å². The highest BCUT2D eigenvalue weighted by Gasteiger charge is 2.11. The number of nitrogens with two attached hydrogens (primary N) is 1. The first-order chi connectivity index (χ1) is 8.98. The van der Waals surface area contributed by atoms with Crippen molar-refractivity contribution in [3.63, 3.8) is 0 Å². The minimum Gasteiger partial charge on any atom is -0.326 e. The van der Waals surface area contributed by atoms with Gasteiger partial charge in [0.25, 0.3) is 0 Å². The Bertz CT molecular complexity index is 486. The third-order valence-corrected chi connectivity index (χ3v) is 4.91. The van der Waals surface area contributed by atoms with Crippen LogP contribution in [0.4, 0.5) is 0 Å². The summed E-state index contributed by atoms with van der Waals surface area (Å²) in [4.78, 5) is 2.03. The second kappa shape index (κ2) is 7.62. The molecule has 0 spiro atoms. The lowest BCUT2D eigenvalue weighted by atomic mass is 10.1. The zero-order valence-corrected chi connectivity index (χ0v) is 12.6. The van der Waals surface area contributed by atoms with E-state index >= 15 is 0 Å². The Morgan fingerprint density at radius 3 is 2.37 bits per heavy atom. The van der Waals surface area contributed by atoms with Gasteiger partial charge in [0, 0.05) is 25.4 Å². The van der Waals surface area contributed by atoms with Gasteiger partial charge in [-0.05, 0) is 24.6 Å². The van der Waals surface area contributed by atoms with Crippen LogP contribution >= 0.6 is 0 Å². The van der Waals surface area contributed by atoms with E-state index in [1.807, 2.05) is 43.1 Å². The number of benzene rings is 1. The molecule has 0 amide bonds. The average molecular weight is 284 g/mol. The van der Waals surface area contributed by atoms with Gasteiger partial charge in [-0.2, -0.15) is 0 Å². The van der Waals surface area contributed by atoms with Crippen molar-refractivity contribution in [2.45, 2.75) is 26.4 Å². The normalized spacial score (nSPS) is 12.0. The maximum absolute atomic E-state index is 11.7. The summed E-state index contributed by atoms with van der Waals surface area (Å²) in [5.41, 5.74) is 7.98. The SMILES string of the molecule is CCCS(=O)(=O)CCN(C)Cc1ccccc1CN. The van der Waals surface area contributed by atoms with Gasteiger partial charge in [0.1, 0.15) is 0 Å².